The standard InChI is InChI=1S/C18H23N3O4/c1-5-20(6-2)17(23)12-21-16(22)11-15(25-4)18(19-21)13-7-9-14(24-3)10-8-13/h7-11H,5-6,12H2,1-4H3. The molecule has 0 aliphatic carbocycles. The summed E-state index contributed by atoms with van der Waals surface area (Å²) in [4.78, 5) is 26.2. The molecule has 0 aliphatic rings. The van der Waals surface area contributed by atoms with Crippen LogP contribution in [0.15, 0.2) is 35.1 Å². The van der Waals surface area contributed by atoms with Crippen LogP contribution < -0.4 is 15.0 Å². The highest BCUT2D eigenvalue weighted by Gasteiger charge is 2.16. The number of amides is 1. The van der Waals surface area contributed by atoms with E-state index in [0.29, 0.717) is 30.3 Å². The van der Waals surface area contributed by atoms with Gasteiger partial charge >= 0.3 is 0 Å². The maximum Gasteiger partial charge on any atom is 0.270 e. The molecule has 0 saturated carbocycles. The zero-order valence-electron chi connectivity index (χ0n) is 15.0. The average Bonchev–Trinajstić information content (AvgIpc) is 2.64. The van der Waals surface area contributed by atoms with Crippen molar-refractivity contribution in [1.29, 1.82) is 0 Å². The van der Waals surface area contributed by atoms with Crippen molar-refractivity contribution in [3.63, 3.8) is 0 Å². The Morgan fingerprint density at radius 3 is 2.28 bits per heavy atom. The zero-order valence-corrected chi connectivity index (χ0v) is 15.0. The topological polar surface area (TPSA) is 73.7 Å². The van der Waals surface area contributed by atoms with Gasteiger partial charge in [0.2, 0.25) is 5.91 Å². The molecule has 2 rings (SSSR count). The van der Waals surface area contributed by atoms with E-state index in [0.717, 1.165) is 5.56 Å². The predicted molar refractivity (Wildman–Crippen MR) is 95.0 cm³/mol. The monoisotopic (exact) mass is 345 g/mol. The Morgan fingerprint density at radius 2 is 1.76 bits per heavy atom. The fraction of sp³-hybridized carbons (Fsp3) is 0.389. The number of likely N-dealkylation sites (N-methyl/N-ethyl adjacent to an activating group) is 1. The highest BCUT2D eigenvalue weighted by Crippen LogP contribution is 2.27. The lowest BCUT2D eigenvalue weighted by molar-refractivity contribution is -0.131. The van der Waals surface area contributed by atoms with Gasteiger partial charge in [-0.15, -0.1) is 0 Å². The Morgan fingerprint density at radius 1 is 1.12 bits per heavy atom. The third-order valence-electron chi connectivity index (χ3n) is 3.95. The van der Waals surface area contributed by atoms with E-state index in [1.807, 2.05) is 26.0 Å². The first-order valence-corrected chi connectivity index (χ1v) is 8.12. The van der Waals surface area contributed by atoms with Crippen LogP contribution in [0.1, 0.15) is 13.8 Å². The van der Waals surface area contributed by atoms with E-state index in [9.17, 15) is 9.59 Å². The van der Waals surface area contributed by atoms with Crippen LogP contribution in [-0.4, -0.2) is 47.9 Å². The molecule has 2 aromatic rings. The molecule has 0 N–H and O–H groups in total. The Kier molecular flexibility index (Phi) is 6.16. The minimum Gasteiger partial charge on any atom is -0.497 e. The van der Waals surface area contributed by atoms with Gasteiger partial charge in [0.05, 0.1) is 14.2 Å². The molecule has 0 aliphatic heterocycles. The average molecular weight is 345 g/mol. The first-order valence-electron chi connectivity index (χ1n) is 8.12. The Bertz CT molecular complexity index is 780. The summed E-state index contributed by atoms with van der Waals surface area (Å²) >= 11 is 0. The quantitative estimate of drug-likeness (QED) is 0.765. The van der Waals surface area contributed by atoms with Crippen LogP contribution in [0.25, 0.3) is 11.3 Å². The molecule has 0 saturated heterocycles. The summed E-state index contributed by atoms with van der Waals surface area (Å²) in [5.74, 6) is 0.930. The summed E-state index contributed by atoms with van der Waals surface area (Å²) < 4.78 is 11.6. The lowest BCUT2D eigenvalue weighted by atomic mass is 10.1. The van der Waals surface area contributed by atoms with Gasteiger partial charge in [-0.1, -0.05) is 0 Å². The summed E-state index contributed by atoms with van der Waals surface area (Å²) in [5, 5.41) is 4.35. The molecule has 1 amide bonds. The minimum atomic E-state index is -0.380. The summed E-state index contributed by atoms with van der Waals surface area (Å²) in [6.07, 6.45) is 0. The Hall–Kier alpha value is -2.83. The molecule has 25 heavy (non-hydrogen) atoms. The maximum absolute atomic E-state index is 12.3. The number of aromatic nitrogens is 2. The first kappa shape index (κ1) is 18.5. The second kappa shape index (κ2) is 8.32. The number of nitrogens with zero attached hydrogens (tertiary/aromatic N) is 3. The number of hydrogen-bond donors (Lipinski definition) is 0. The molecule has 1 heterocycles. The van der Waals surface area contributed by atoms with E-state index in [1.165, 1.54) is 17.9 Å². The molecule has 0 spiro atoms. The van der Waals surface area contributed by atoms with Gasteiger partial charge in [0.1, 0.15) is 18.0 Å². The summed E-state index contributed by atoms with van der Waals surface area (Å²) in [6, 6.07) is 8.59. The van der Waals surface area contributed by atoms with Gasteiger partial charge in [0.25, 0.3) is 5.56 Å². The second-order valence-electron chi connectivity index (χ2n) is 5.35. The normalized spacial score (nSPS) is 10.4. The molecule has 0 radical (unpaired) electrons. The molecular weight excluding hydrogens is 322 g/mol. The van der Waals surface area contributed by atoms with Gasteiger partial charge in [-0.3, -0.25) is 9.59 Å². The van der Waals surface area contributed by atoms with Gasteiger partial charge in [-0.25, -0.2) is 4.68 Å². The van der Waals surface area contributed by atoms with Crippen LogP contribution in [0, 0.1) is 0 Å². The Labute approximate surface area is 146 Å². The second-order valence-corrected chi connectivity index (χ2v) is 5.35. The van der Waals surface area contributed by atoms with Crippen molar-refractivity contribution in [2.75, 3.05) is 27.3 Å². The zero-order chi connectivity index (χ0) is 18.4. The molecule has 0 bridgehead atoms. The molecule has 0 atom stereocenters. The number of benzene rings is 1. The lowest BCUT2D eigenvalue weighted by Gasteiger charge is -2.19. The number of ether oxygens (including phenoxy) is 2. The minimum absolute atomic E-state index is 0.104. The van der Waals surface area contributed by atoms with Crippen LogP contribution in [0.5, 0.6) is 11.5 Å². The highest BCUT2D eigenvalue weighted by molar-refractivity contribution is 5.76. The maximum atomic E-state index is 12.3. The molecule has 7 heteroatoms. The number of carbonyl (C=O) groups excluding carboxylic acids is 1. The van der Waals surface area contributed by atoms with Crippen LogP contribution in [-0.2, 0) is 11.3 Å². The van der Waals surface area contributed by atoms with Crippen molar-refractivity contribution < 1.29 is 14.3 Å². The smallest absolute Gasteiger partial charge is 0.270 e. The molecule has 0 unspecified atom stereocenters. The van der Waals surface area contributed by atoms with Crippen molar-refractivity contribution in [2.24, 2.45) is 0 Å². The fourth-order valence-corrected chi connectivity index (χ4v) is 2.50. The Balaban J connectivity index is 2.42. The van der Waals surface area contributed by atoms with Crippen molar-refractivity contribution in [1.82, 2.24) is 14.7 Å². The van der Waals surface area contributed by atoms with Crippen molar-refractivity contribution in [2.45, 2.75) is 20.4 Å². The van der Waals surface area contributed by atoms with E-state index in [-0.39, 0.29) is 18.0 Å². The van der Waals surface area contributed by atoms with Crippen molar-refractivity contribution in [3.05, 3.63) is 40.7 Å². The van der Waals surface area contributed by atoms with Gasteiger partial charge in [-0.05, 0) is 38.1 Å². The molecular formula is C18H23N3O4. The number of carbonyl (C=O) groups is 1. The highest BCUT2D eigenvalue weighted by atomic mass is 16.5. The molecule has 1 aromatic heterocycles. The van der Waals surface area contributed by atoms with E-state index >= 15 is 0 Å². The summed E-state index contributed by atoms with van der Waals surface area (Å²) in [7, 11) is 3.07. The van der Waals surface area contributed by atoms with Crippen LogP contribution in [0.4, 0.5) is 0 Å². The van der Waals surface area contributed by atoms with E-state index < -0.39 is 0 Å². The van der Waals surface area contributed by atoms with E-state index in [4.69, 9.17) is 9.47 Å². The lowest BCUT2D eigenvalue weighted by Crippen LogP contribution is -2.37. The SMILES string of the molecule is CCN(CC)C(=O)Cn1nc(-c2ccc(OC)cc2)c(OC)cc1=O. The molecule has 7 nitrogen and oxygen atoms in total. The van der Waals surface area contributed by atoms with Gasteiger partial charge in [0, 0.05) is 24.7 Å². The van der Waals surface area contributed by atoms with Gasteiger partial charge in [-0.2, -0.15) is 5.10 Å². The van der Waals surface area contributed by atoms with Crippen LogP contribution in [0.2, 0.25) is 0 Å². The first-order chi connectivity index (χ1) is 12.0. The predicted octanol–water partition coefficient (Wildman–Crippen LogP) is 1.80. The van der Waals surface area contributed by atoms with Gasteiger partial charge < -0.3 is 14.4 Å². The van der Waals surface area contributed by atoms with E-state index in [1.54, 1.807) is 24.1 Å². The molecule has 1 aromatic carbocycles. The van der Waals surface area contributed by atoms with Crippen LogP contribution >= 0.6 is 0 Å². The summed E-state index contributed by atoms with van der Waals surface area (Å²) in [6.45, 7) is 4.87. The van der Waals surface area contributed by atoms with Crippen molar-refractivity contribution >= 4 is 5.91 Å². The number of hydrogen-bond acceptors (Lipinski definition) is 5. The van der Waals surface area contributed by atoms with Gasteiger partial charge in [0.15, 0.2) is 5.75 Å². The number of rotatable bonds is 7. The van der Waals surface area contributed by atoms with Crippen molar-refractivity contribution in [3.8, 4) is 22.8 Å². The fourth-order valence-electron chi connectivity index (χ4n) is 2.50. The summed E-state index contributed by atoms with van der Waals surface area (Å²) in [5.41, 5.74) is 0.883. The third kappa shape index (κ3) is 4.17. The molecule has 0 fully saturated rings. The third-order valence-corrected chi connectivity index (χ3v) is 3.95. The molecule has 134 valence electrons. The van der Waals surface area contributed by atoms with E-state index in [2.05, 4.69) is 5.10 Å². The van der Waals surface area contributed by atoms with Crippen LogP contribution in [0.3, 0.4) is 0 Å². The largest absolute Gasteiger partial charge is 0.497 e. The number of methoxy groups -OCH3 is 2.